The molecule has 2 N–H and O–H groups in total. The highest BCUT2D eigenvalue weighted by molar-refractivity contribution is 7.10. The number of hydrogen-bond donors (Lipinski definition) is 2. The van der Waals surface area contributed by atoms with Gasteiger partial charge in [0.25, 0.3) is 0 Å². The second kappa shape index (κ2) is 10.8. The Morgan fingerprint density at radius 1 is 1.38 bits per heavy atom. The predicted molar refractivity (Wildman–Crippen MR) is 118 cm³/mol. The Morgan fingerprint density at radius 2 is 2.24 bits per heavy atom. The van der Waals surface area contributed by atoms with Crippen LogP contribution in [0.5, 0.6) is 0 Å². The number of nitrogens with zero attached hydrogens (tertiary/aromatic N) is 3. The monoisotopic (exact) mass is 419 g/mol. The van der Waals surface area contributed by atoms with Gasteiger partial charge in [-0.25, -0.2) is 0 Å². The molecule has 7 nitrogen and oxygen atoms in total. The Bertz CT molecular complexity index is 753. The van der Waals surface area contributed by atoms with Gasteiger partial charge in [-0.05, 0) is 24.8 Å². The Labute approximate surface area is 177 Å². The number of aromatic nitrogens is 1. The molecule has 2 unspecified atom stereocenters. The maximum absolute atomic E-state index is 5.74. The van der Waals surface area contributed by atoms with Crippen molar-refractivity contribution in [2.24, 2.45) is 4.99 Å². The minimum atomic E-state index is 0.261. The van der Waals surface area contributed by atoms with Crippen LogP contribution in [0.3, 0.4) is 0 Å². The number of ether oxygens (including phenoxy) is 1. The van der Waals surface area contributed by atoms with Crippen molar-refractivity contribution < 1.29 is 9.26 Å². The predicted octanol–water partition coefficient (Wildman–Crippen LogP) is 2.99. The quantitative estimate of drug-likeness (QED) is 0.506. The molecule has 1 aliphatic heterocycles. The van der Waals surface area contributed by atoms with Gasteiger partial charge in [-0.15, -0.1) is 11.3 Å². The van der Waals surface area contributed by atoms with Crippen LogP contribution in [0.25, 0.3) is 0 Å². The van der Waals surface area contributed by atoms with Crippen LogP contribution in [0.15, 0.2) is 27.0 Å². The zero-order valence-electron chi connectivity index (χ0n) is 17.9. The first-order valence-corrected chi connectivity index (χ1v) is 11.3. The van der Waals surface area contributed by atoms with Crippen LogP contribution in [0.1, 0.15) is 48.7 Å². The van der Waals surface area contributed by atoms with E-state index in [1.165, 1.54) is 4.88 Å². The first kappa shape index (κ1) is 21.8. The molecule has 3 heterocycles. The number of aliphatic imine (C=N–C) groups is 1. The summed E-state index contributed by atoms with van der Waals surface area (Å²) in [4.78, 5) is 8.28. The molecule has 1 saturated heterocycles. The summed E-state index contributed by atoms with van der Waals surface area (Å²) in [5.74, 6) is 1.74. The van der Waals surface area contributed by atoms with E-state index in [4.69, 9.17) is 9.26 Å². The zero-order valence-corrected chi connectivity index (χ0v) is 18.7. The molecule has 2 atom stereocenters. The normalized spacial score (nSPS) is 19.3. The fraction of sp³-hybridized carbons (Fsp3) is 0.619. The summed E-state index contributed by atoms with van der Waals surface area (Å²) in [7, 11) is 1.81. The lowest BCUT2D eigenvalue weighted by Crippen LogP contribution is -2.48. The highest BCUT2D eigenvalue weighted by atomic mass is 32.1. The van der Waals surface area contributed by atoms with E-state index in [2.05, 4.69) is 64.0 Å². The van der Waals surface area contributed by atoms with Crippen molar-refractivity contribution in [3.05, 3.63) is 39.4 Å². The first-order valence-electron chi connectivity index (χ1n) is 10.5. The van der Waals surface area contributed by atoms with Gasteiger partial charge in [0, 0.05) is 50.1 Å². The standard InChI is InChI=1S/C21H33N5O2S/c1-5-17-16(19(6-2)28-25-17)12-23-21(22-4)24-13-18(20-8-7-11-29-20)26-9-10-27-15(3)14-26/h7-8,11,15,18H,5-6,9-10,12-14H2,1-4H3,(H2,22,23,24). The zero-order chi connectivity index (χ0) is 20.6. The highest BCUT2D eigenvalue weighted by Gasteiger charge is 2.26. The first-order chi connectivity index (χ1) is 14.2. The molecule has 0 spiro atoms. The summed E-state index contributed by atoms with van der Waals surface area (Å²) in [6.45, 7) is 10.4. The second-order valence-electron chi connectivity index (χ2n) is 7.25. The molecule has 0 amide bonds. The maximum Gasteiger partial charge on any atom is 0.191 e. The van der Waals surface area contributed by atoms with Gasteiger partial charge in [-0.3, -0.25) is 9.89 Å². The van der Waals surface area contributed by atoms with Crippen LogP contribution in [0.4, 0.5) is 0 Å². The highest BCUT2D eigenvalue weighted by Crippen LogP contribution is 2.26. The van der Waals surface area contributed by atoms with E-state index in [0.29, 0.717) is 12.6 Å². The Balaban J connectivity index is 1.62. The minimum absolute atomic E-state index is 0.261. The maximum atomic E-state index is 5.74. The van der Waals surface area contributed by atoms with Crippen LogP contribution in [-0.2, 0) is 24.1 Å². The van der Waals surface area contributed by atoms with Gasteiger partial charge in [0.05, 0.1) is 24.4 Å². The molecule has 160 valence electrons. The van der Waals surface area contributed by atoms with Crippen molar-refractivity contribution in [2.45, 2.75) is 52.3 Å². The van der Waals surface area contributed by atoms with E-state index >= 15 is 0 Å². The topological polar surface area (TPSA) is 74.9 Å². The lowest BCUT2D eigenvalue weighted by molar-refractivity contribution is -0.0334. The van der Waals surface area contributed by atoms with Crippen molar-refractivity contribution >= 4 is 17.3 Å². The molecule has 0 aliphatic carbocycles. The SMILES string of the molecule is CCc1noc(CC)c1CNC(=NC)NCC(c1cccs1)N1CCOC(C)C1. The fourth-order valence-corrected chi connectivity index (χ4v) is 4.60. The lowest BCUT2D eigenvalue weighted by atomic mass is 10.1. The number of guanidine groups is 1. The molecule has 0 radical (unpaired) electrons. The minimum Gasteiger partial charge on any atom is -0.376 e. The molecule has 1 aliphatic rings. The molecule has 0 bridgehead atoms. The number of hydrogen-bond acceptors (Lipinski definition) is 6. The van der Waals surface area contributed by atoms with E-state index < -0.39 is 0 Å². The van der Waals surface area contributed by atoms with Crippen LogP contribution in [-0.4, -0.2) is 55.4 Å². The van der Waals surface area contributed by atoms with Crippen molar-refractivity contribution in [1.82, 2.24) is 20.7 Å². The Hall–Kier alpha value is -1.90. The summed E-state index contributed by atoms with van der Waals surface area (Å²) < 4.78 is 11.2. The summed E-state index contributed by atoms with van der Waals surface area (Å²) >= 11 is 1.80. The van der Waals surface area contributed by atoms with E-state index in [1.807, 2.05) is 0 Å². The molecule has 29 heavy (non-hydrogen) atoms. The Kier molecular flexibility index (Phi) is 8.09. The van der Waals surface area contributed by atoms with Gasteiger partial charge in [-0.1, -0.05) is 25.1 Å². The third kappa shape index (κ3) is 5.58. The van der Waals surface area contributed by atoms with E-state index in [9.17, 15) is 0 Å². The molecule has 3 rings (SSSR count). The lowest BCUT2D eigenvalue weighted by Gasteiger charge is -2.37. The number of nitrogens with one attached hydrogen (secondary N) is 2. The molecule has 2 aromatic rings. The number of aryl methyl sites for hydroxylation is 2. The van der Waals surface area contributed by atoms with Crippen molar-refractivity contribution in [1.29, 1.82) is 0 Å². The van der Waals surface area contributed by atoms with Gasteiger partial charge >= 0.3 is 0 Å². The molecule has 0 saturated carbocycles. The average molecular weight is 420 g/mol. The van der Waals surface area contributed by atoms with Gasteiger partial charge < -0.3 is 19.9 Å². The molecular weight excluding hydrogens is 386 g/mol. The largest absolute Gasteiger partial charge is 0.376 e. The van der Waals surface area contributed by atoms with Gasteiger partial charge in [0.15, 0.2) is 5.96 Å². The molecule has 8 heteroatoms. The molecule has 1 fully saturated rings. The van der Waals surface area contributed by atoms with E-state index in [-0.39, 0.29) is 6.10 Å². The number of rotatable bonds is 8. The second-order valence-corrected chi connectivity index (χ2v) is 8.23. The summed E-state index contributed by atoms with van der Waals surface area (Å²) in [5, 5.41) is 13.3. The van der Waals surface area contributed by atoms with Crippen LogP contribution in [0.2, 0.25) is 0 Å². The number of morpholine rings is 1. The summed E-state index contributed by atoms with van der Waals surface area (Å²) in [5.41, 5.74) is 2.17. The van der Waals surface area contributed by atoms with Crippen LogP contribution >= 0.6 is 11.3 Å². The summed E-state index contributed by atoms with van der Waals surface area (Å²) in [6, 6.07) is 4.63. The van der Waals surface area contributed by atoms with Gasteiger partial charge in [-0.2, -0.15) is 0 Å². The third-order valence-electron chi connectivity index (χ3n) is 5.31. The Morgan fingerprint density at radius 3 is 2.90 bits per heavy atom. The summed E-state index contributed by atoms with van der Waals surface area (Å²) in [6.07, 6.45) is 1.96. The average Bonchev–Trinajstić information content (AvgIpc) is 3.40. The van der Waals surface area contributed by atoms with Crippen molar-refractivity contribution in [3.63, 3.8) is 0 Å². The van der Waals surface area contributed by atoms with Crippen LogP contribution in [0, 0.1) is 0 Å². The number of thiophene rings is 1. The fourth-order valence-electron chi connectivity index (χ4n) is 3.74. The van der Waals surface area contributed by atoms with Crippen molar-refractivity contribution in [2.75, 3.05) is 33.3 Å². The molecular formula is C21H33N5O2S. The van der Waals surface area contributed by atoms with E-state index in [0.717, 1.165) is 62.1 Å². The van der Waals surface area contributed by atoms with Gasteiger partial charge in [0.2, 0.25) is 0 Å². The van der Waals surface area contributed by atoms with E-state index in [1.54, 1.807) is 18.4 Å². The van der Waals surface area contributed by atoms with Crippen molar-refractivity contribution in [3.8, 4) is 0 Å². The third-order valence-corrected chi connectivity index (χ3v) is 6.28. The smallest absolute Gasteiger partial charge is 0.191 e. The molecule has 2 aromatic heterocycles. The van der Waals surface area contributed by atoms with Gasteiger partial charge in [0.1, 0.15) is 5.76 Å². The van der Waals surface area contributed by atoms with Crippen LogP contribution < -0.4 is 10.6 Å². The molecule has 0 aromatic carbocycles.